The molecule has 386 valence electrons. The van der Waals surface area contributed by atoms with Crippen LogP contribution in [-0.2, 0) is 63.8 Å². The minimum Gasteiger partial charge on any atom is -0.464 e. The highest BCUT2D eigenvalue weighted by Crippen LogP contribution is 2.02. The van der Waals surface area contributed by atoms with Gasteiger partial charge >= 0.3 is 35.8 Å². The topological polar surface area (TPSA) is 279 Å². The normalized spacial score (nSPS) is 12.8. The molecule has 0 aliphatic carbocycles. The maximum atomic E-state index is 10.8. The standard InChI is InChI=1S/C10H12O3.C9H16O3.2C8H16O3.C7H14O3.C6H12O3/c1-8(11)10(12)13-7-9-5-3-2-4-6-9;1-3-4-5-6-7-12-9(11)8(2)10;1-6(2)4-5-11-8(10)7(3)9;1-3-4-5-6-11-8(10)7(2)9;1-3-4-5-10-7(9)6(2)8;1-3-4-9-6(8)5(2)7/h2-6,8,11H,7H2,1H3;4-5,8,10H,3,6-7H2,1-2H3;6-7,9H,4-5H2,1-3H3;7,9H,3-6H2,1-2H3;6,8H,3-5H2,1-2H3;5,7H,3-4H2,1-2H3/b;5-4-;;;;. The highest BCUT2D eigenvalue weighted by Gasteiger charge is 2.12. The van der Waals surface area contributed by atoms with E-state index in [0.29, 0.717) is 45.4 Å². The van der Waals surface area contributed by atoms with Gasteiger partial charge in [0.25, 0.3) is 0 Å². The highest BCUT2D eigenvalue weighted by molar-refractivity contribution is 5.75. The van der Waals surface area contributed by atoms with Gasteiger partial charge in [-0.05, 0) is 91.5 Å². The van der Waals surface area contributed by atoms with Crippen molar-refractivity contribution in [3.05, 3.63) is 48.0 Å². The first kappa shape index (κ1) is 70.6. The zero-order valence-electron chi connectivity index (χ0n) is 41.8. The molecule has 6 N–H and O–H groups in total. The lowest BCUT2D eigenvalue weighted by atomic mass is 10.1. The maximum Gasteiger partial charge on any atom is 0.334 e. The van der Waals surface area contributed by atoms with Crippen LogP contribution in [0.15, 0.2) is 42.5 Å². The van der Waals surface area contributed by atoms with Crippen LogP contribution < -0.4 is 0 Å². The lowest BCUT2D eigenvalue weighted by Crippen LogP contribution is -2.20. The van der Waals surface area contributed by atoms with Crippen molar-refractivity contribution in [2.24, 2.45) is 5.92 Å². The number of benzene rings is 1. The van der Waals surface area contributed by atoms with E-state index in [0.717, 1.165) is 56.9 Å². The summed E-state index contributed by atoms with van der Waals surface area (Å²) < 4.78 is 28.2. The molecule has 0 spiro atoms. The molecule has 0 fully saturated rings. The first-order valence-corrected chi connectivity index (χ1v) is 22.7. The molecule has 0 saturated heterocycles. The van der Waals surface area contributed by atoms with Crippen LogP contribution in [0.2, 0.25) is 0 Å². The molecule has 66 heavy (non-hydrogen) atoms. The van der Waals surface area contributed by atoms with Crippen molar-refractivity contribution in [3.63, 3.8) is 0 Å². The van der Waals surface area contributed by atoms with Crippen molar-refractivity contribution in [3.8, 4) is 0 Å². The smallest absolute Gasteiger partial charge is 0.334 e. The molecule has 0 bridgehead atoms. The zero-order valence-corrected chi connectivity index (χ0v) is 41.8. The minimum absolute atomic E-state index is 0.213. The molecule has 0 saturated carbocycles. The Kier molecular flexibility index (Phi) is 53.4. The van der Waals surface area contributed by atoms with Crippen LogP contribution >= 0.6 is 0 Å². The van der Waals surface area contributed by atoms with E-state index in [1.165, 1.54) is 41.5 Å². The lowest BCUT2D eigenvalue weighted by Gasteiger charge is -2.07. The molecule has 0 amide bonds. The van der Waals surface area contributed by atoms with Gasteiger partial charge in [-0.3, -0.25) is 0 Å². The van der Waals surface area contributed by atoms with Gasteiger partial charge in [-0.25, -0.2) is 28.8 Å². The Balaban J connectivity index is -0.000000226. The second-order valence-electron chi connectivity index (χ2n) is 14.9. The minimum atomic E-state index is -1.05. The molecule has 0 radical (unpaired) electrons. The molecule has 6 atom stereocenters. The number of carbonyl (C=O) groups excluding carboxylic acids is 6. The van der Waals surface area contributed by atoms with Crippen LogP contribution in [0.3, 0.4) is 0 Å². The molecular formula is C48H86O18. The second-order valence-corrected chi connectivity index (χ2v) is 14.9. The number of unbranched alkanes of at least 4 members (excludes halogenated alkanes) is 3. The first-order chi connectivity index (χ1) is 31.0. The predicted octanol–water partition coefficient (Wildman–Crippen LogP) is 5.47. The zero-order chi connectivity index (χ0) is 51.9. The molecule has 6 unspecified atom stereocenters. The third kappa shape index (κ3) is 55.7. The molecule has 0 heterocycles. The Labute approximate surface area is 394 Å². The summed E-state index contributed by atoms with van der Waals surface area (Å²) in [5.74, 6) is -2.77. The number of allylic oxidation sites excluding steroid dienone is 1. The first-order valence-electron chi connectivity index (χ1n) is 22.7. The van der Waals surface area contributed by atoms with Gasteiger partial charge in [0.05, 0.1) is 33.0 Å². The van der Waals surface area contributed by atoms with Gasteiger partial charge in [0.1, 0.15) is 43.2 Å². The van der Waals surface area contributed by atoms with Crippen molar-refractivity contribution in [2.75, 3.05) is 33.0 Å². The molecule has 0 aliphatic rings. The van der Waals surface area contributed by atoms with E-state index in [1.54, 1.807) is 0 Å². The van der Waals surface area contributed by atoms with Crippen molar-refractivity contribution < 1.29 is 87.8 Å². The Morgan fingerprint density at radius 1 is 0.439 bits per heavy atom. The van der Waals surface area contributed by atoms with Gasteiger partial charge in [0.15, 0.2) is 0 Å². The monoisotopic (exact) mass is 951 g/mol. The number of carbonyl (C=O) groups is 6. The summed E-state index contributed by atoms with van der Waals surface area (Å²) in [6, 6.07) is 9.34. The van der Waals surface area contributed by atoms with Crippen molar-refractivity contribution >= 4 is 35.8 Å². The summed E-state index contributed by atoms with van der Waals surface area (Å²) in [7, 11) is 0. The Bertz CT molecular complexity index is 1340. The predicted molar refractivity (Wildman–Crippen MR) is 249 cm³/mol. The second kappa shape index (κ2) is 50.0. The number of rotatable bonds is 24. The van der Waals surface area contributed by atoms with Gasteiger partial charge in [-0.15, -0.1) is 0 Å². The van der Waals surface area contributed by atoms with Gasteiger partial charge in [-0.1, -0.05) is 103 Å². The van der Waals surface area contributed by atoms with Gasteiger partial charge in [0, 0.05) is 0 Å². The molecule has 1 aromatic carbocycles. The van der Waals surface area contributed by atoms with Crippen molar-refractivity contribution in [1.82, 2.24) is 0 Å². The summed E-state index contributed by atoms with van der Waals surface area (Å²) in [4.78, 5) is 63.8. The van der Waals surface area contributed by atoms with Crippen LogP contribution in [-0.4, -0.2) is 136 Å². The number of hydrogen-bond donors (Lipinski definition) is 6. The Hall–Kier alpha value is -4.46. The van der Waals surface area contributed by atoms with Gasteiger partial charge in [0.2, 0.25) is 0 Å². The number of hydrogen-bond acceptors (Lipinski definition) is 18. The molecular weight excluding hydrogens is 865 g/mol. The molecule has 18 nitrogen and oxygen atoms in total. The third-order valence-corrected chi connectivity index (χ3v) is 7.32. The average molecular weight is 951 g/mol. The summed E-state index contributed by atoms with van der Waals surface area (Å²) in [5.41, 5.74) is 0.913. The van der Waals surface area contributed by atoms with Crippen LogP contribution in [0.1, 0.15) is 146 Å². The van der Waals surface area contributed by atoms with E-state index in [1.807, 2.05) is 63.3 Å². The SMILES string of the molecule is CC(C)CCOC(=O)C(C)O.CC(O)C(=O)OCc1ccccc1.CC/C=C\CCOC(=O)C(C)O.CCCCCOC(=O)C(C)O.CCCCOC(=O)C(C)O.CCCOC(=O)C(C)O. The Morgan fingerprint density at radius 3 is 1.17 bits per heavy atom. The average Bonchev–Trinajstić information content (AvgIpc) is 3.27. The Morgan fingerprint density at radius 2 is 0.803 bits per heavy atom. The van der Waals surface area contributed by atoms with Gasteiger partial charge in [-0.2, -0.15) is 0 Å². The van der Waals surface area contributed by atoms with Crippen LogP contribution in [0.25, 0.3) is 0 Å². The molecule has 1 aromatic rings. The summed E-state index contributed by atoms with van der Waals surface area (Å²) >= 11 is 0. The fourth-order valence-corrected chi connectivity index (χ4v) is 3.40. The largest absolute Gasteiger partial charge is 0.464 e. The van der Waals surface area contributed by atoms with E-state index in [9.17, 15) is 28.8 Å². The molecule has 0 aliphatic heterocycles. The van der Waals surface area contributed by atoms with E-state index in [4.69, 9.17) is 49.6 Å². The summed E-state index contributed by atoms with van der Waals surface area (Å²) in [5, 5.41) is 52.2. The number of ether oxygens (including phenoxy) is 6. The number of esters is 6. The van der Waals surface area contributed by atoms with E-state index in [2.05, 4.69) is 30.2 Å². The summed E-state index contributed by atoms with van der Waals surface area (Å²) in [6.07, 6.45) is 6.18. The van der Waals surface area contributed by atoms with E-state index >= 15 is 0 Å². The molecule has 18 heteroatoms. The van der Waals surface area contributed by atoms with Gasteiger partial charge < -0.3 is 59.1 Å². The number of aliphatic hydroxyl groups is 6. The van der Waals surface area contributed by atoms with Crippen LogP contribution in [0, 0.1) is 5.92 Å². The maximum absolute atomic E-state index is 10.8. The summed E-state index contributed by atoms with van der Waals surface area (Å²) in [6.45, 7) is 22.7. The highest BCUT2D eigenvalue weighted by atomic mass is 16.6. The van der Waals surface area contributed by atoms with Crippen molar-refractivity contribution in [2.45, 2.75) is 184 Å². The van der Waals surface area contributed by atoms with Crippen molar-refractivity contribution in [1.29, 1.82) is 0 Å². The van der Waals surface area contributed by atoms with Crippen LogP contribution in [0.5, 0.6) is 0 Å². The lowest BCUT2D eigenvalue weighted by molar-refractivity contribution is -0.154. The van der Waals surface area contributed by atoms with Crippen LogP contribution in [0.4, 0.5) is 0 Å². The van der Waals surface area contributed by atoms with E-state index < -0.39 is 72.4 Å². The number of aliphatic hydroxyl groups excluding tert-OH is 6. The van der Waals surface area contributed by atoms with E-state index in [-0.39, 0.29) is 6.61 Å². The fraction of sp³-hybridized carbons (Fsp3) is 0.708. The molecule has 0 aromatic heterocycles. The fourth-order valence-electron chi connectivity index (χ4n) is 3.40. The quantitative estimate of drug-likeness (QED) is 0.0324. The third-order valence-electron chi connectivity index (χ3n) is 7.32. The molecule has 1 rings (SSSR count).